The number of phenolic OH excluding ortho intramolecular Hbond substituents is 1. The number of piperidine rings is 1. The molecule has 3 N–H and O–H groups in total. The van der Waals surface area contributed by atoms with Crippen LogP contribution in [0.25, 0.3) is 21.9 Å². The van der Waals surface area contributed by atoms with E-state index in [1.54, 1.807) is 12.1 Å². The molecule has 0 unspecified atom stereocenters. The molecular formula is C21H23N3O. The highest BCUT2D eigenvalue weighted by Crippen LogP contribution is 2.29. The lowest BCUT2D eigenvalue weighted by molar-refractivity contribution is 0.386. The quantitative estimate of drug-likeness (QED) is 0.684. The number of hydrogen-bond donors (Lipinski definition) is 3. The molecule has 1 aliphatic heterocycles. The molecule has 1 aromatic heterocycles. The molecule has 1 saturated heterocycles. The lowest BCUT2D eigenvalue weighted by Crippen LogP contribution is -2.39. The summed E-state index contributed by atoms with van der Waals surface area (Å²) in [7, 11) is 0. The molecule has 128 valence electrons. The standard InChI is InChI=1S/C21H23N3O/c25-19-5-3-16(4-6-19)21-14-23-13-17-2-1-15(11-20(17)21)12-24-18-7-9-22-10-8-18/h1-6,11,13-14,18,22,24-25H,7-10,12H2. The smallest absolute Gasteiger partial charge is 0.115 e. The number of aromatic hydroxyl groups is 1. The van der Waals surface area contributed by atoms with Gasteiger partial charge in [-0.15, -0.1) is 0 Å². The fraction of sp³-hybridized carbons (Fsp3) is 0.286. The summed E-state index contributed by atoms with van der Waals surface area (Å²) in [6, 6.07) is 14.5. The molecule has 3 aromatic rings. The number of benzene rings is 2. The molecule has 0 bridgehead atoms. The van der Waals surface area contributed by atoms with Gasteiger partial charge in [0.05, 0.1) is 0 Å². The Morgan fingerprint density at radius 3 is 2.64 bits per heavy atom. The van der Waals surface area contributed by atoms with Crippen LogP contribution in [0.4, 0.5) is 0 Å². The van der Waals surface area contributed by atoms with Crippen molar-refractivity contribution in [2.45, 2.75) is 25.4 Å². The number of nitrogens with zero attached hydrogens (tertiary/aromatic N) is 1. The van der Waals surface area contributed by atoms with E-state index in [9.17, 15) is 5.11 Å². The number of rotatable bonds is 4. The Morgan fingerprint density at radius 1 is 1.04 bits per heavy atom. The average molecular weight is 333 g/mol. The fourth-order valence-corrected chi connectivity index (χ4v) is 3.48. The van der Waals surface area contributed by atoms with Crippen molar-refractivity contribution < 1.29 is 5.11 Å². The molecule has 0 radical (unpaired) electrons. The second-order valence-electron chi connectivity index (χ2n) is 6.69. The maximum atomic E-state index is 9.53. The molecule has 1 fully saturated rings. The normalized spacial score (nSPS) is 15.5. The summed E-state index contributed by atoms with van der Waals surface area (Å²) in [4.78, 5) is 4.38. The molecule has 4 rings (SSSR count). The van der Waals surface area contributed by atoms with Gasteiger partial charge in [0, 0.05) is 35.9 Å². The molecular weight excluding hydrogens is 310 g/mol. The van der Waals surface area contributed by atoms with Gasteiger partial charge in [-0.25, -0.2) is 0 Å². The minimum absolute atomic E-state index is 0.281. The summed E-state index contributed by atoms with van der Waals surface area (Å²) in [6.07, 6.45) is 6.19. The van der Waals surface area contributed by atoms with Gasteiger partial charge in [0.1, 0.15) is 5.75 Å². The van der Waals surface area contributed by atoms with Crippen molar-refractivity contribution in [3.05, 3.63) is 60.4 Å². The van der Waals surface area contributed by atoms with Crippen LogP contribution in [0.2, 0.25) is 0 Å². The number of pyridine rings is 1. The van der Waals surface area contributed by atoms with Crippen molar-refractivity contribution in [3.63, 3.8) is 0 Å². The van der Waals surface area contributed by atoms with Gasteiger partial charge in [-0.05, 0) is 60.6 Å². The van der Waals surface area contributed by atoms with Crippen molar-refractivity contribution in [1.82, 2.24) is 15.6 Å². The van der Waals surface area contributed by atoms with E-state index < -0.39 is 0 Å². The van der Waals surface area contributed by atoms with E-state index in [0.717, 1.165) is 36.1 Å². The van der Waals surface area contributed by atoms with E-state index in [-0.39, 0.29) is 5.75 Å². The largest absolute Gasteiger partial charge is 0.508 e. The molecule has 4 heteroatoms. The summed E-state index contributed by atoms with van der Waals surface area (Å²) >= 11 is 0. The summed E-state index contributed by atoms with van der Waals surface area (Å²) in [5, 5.41) is 18.9. The number of fused-ring (bicyclic) bond motifs is 1. The van der Waals surface area contributed by atoms with E-state index in [1.807, 2.05) is 24.5 Å². The number of nitrogens with one attached hydrogen (secondary N) is 2. The van der Waals surface area contributed by atoms with E-state index in [0.29, 0.717) is 6.04 Å². The SMILES string of the molecule is Oc1ccc(-c2cncc3ccc(CNC4CCNCC4)cc23)cc1. The molecule has 1 aliphatic rings. The highest BCUT2D eigenvalue weighted by Gasteiger charge is 2.12. The Kier molecular flexibility index (Phi) is 4.63. The summed E-state index contributed by atoms with van der Waals surface area (Å²) < 4.78 is 0. The Morgan fingerprint density at radius 2 is 1.84 bits per heavy atom. The molecule has 0 saturated carbocycles. The summed E-state index contributed by atoms with van der Waals surface area (Å²) in [5.41, 5.74) is 3.46. The third kappa shape index (κ3) is 3.65. The van der Waals surface area contributed by atoms with Crippen LogP contribution in [-0.4, -0.2) is 29.2 Å². The van der Waals surface area contributed by atoms with E-state index >= 15 is 0 Å². The lowest BCUT2D eigenvalue weighted by Gasteiger charge is -2.23. The first-order chi connectivity index (χ1) is 12.3. The van der Waals surface area contributed by atoms with Gasteiger partial charge in [-0.3, -0.25) is 4.98 Å². The molecule has 25 heavy (non-hydrogen) atoms. The van der Waals surface area contributed by atoms with Crippen LogP contribution in [0.1, 0.15) is 18.4 Å². The summed E-state index contributed by atoms with van der Waals surface area (Å²) in [5.74, 6) is 0.281. The van der Waals surface area contributed by atoms with E-state index in [1.165, 1.54) is 23.8 Å². The monoisotopic (exact) mass is 333 g/mol. The molecule has 0 amide bonds. The van der Waals surface area contributed by atoms with Crippen molar-refractivity contribution in [3.8, 4) is 16.9 Å². The van der Waals surface area contributed by atoms with Crippen molar-refractivity contribution in [2.24, 2.45) is 0 Å². The molecule has 2 aromatic carbocycles. The lowest BCUT2D eigenvalue weighted by atomic mass is 9.99. The van der Waals surface area contributed by atoms with E-state index in [4.69, 9.17) is 0 Å². The Labute approximate surface area is 147 Å². The van der Waals surface area contributed by atoms with Crippen LogP contribution < -0.4 is 10.6 Å². The summed E-state index contributed by atoms with van der Waals surface area (Å²) in [6.45, 7) is 3.09. The minimum atomic E-state index is 0.281. The first-order valence-electron chi connectivity index (χ1n) is 8.90. The number of hydrogen-bond acceptors (Lipinski definition) is 4. The number of aromatic nitrogens is 1. The third-order valence-electron chi connectivity index (χ3n) is 4.94. The Bertz CT molecular complexity index is 855. The molecule has 0 atom stereocenters. The van der Waals surface area contributed by atoms with Crippen molar-refractivity contribution in [2.75, 3.05) is 13.1 Å². The van der Waals surface area contributed by atoms with E-state index in [2.05, 4.69) is 33.8 Å². The highest BCUT2D eigenvalue weighted by molar-refractivity contribution is 5.96. The van der Waals surface area contributed by atoms with Crippen LogP contribution in [0, 0.1) is 0 Å². The average Bonchev–Trinajstić information content (AvgIpc) is 2.67. The third-order valence-corrected chi connectivity index (χ3v) is 4.94. The van der Waals surface area contributed by atoms with Gasteiger partial charge in [-0.1, -0.05) is 24.3 Å². The van der Waals surface area contributed by atoms with Gasteiger partial charge in [0.15, 0.2) is 0 Å². The molecule has 0 spiro atoms. The van der Waals surface area contributed by atoms with Crippen LogP contribution in [0.3, 0.4) is 0 Å². The predicted molar refractivity (Wildman–Crippen MR) is 102 cm³/mol. The van der Waals surface area contributed by atoms with Crippen LogP contribution in [0.5, 0.6) is 5.75 Å². The van der Waals surface area contributed by atoms with Gasteiger partial charge >= 0.3 is 0 Å². The zero-order chi connectivity index (χ0) is 17.1. The van der Waals surface area contributed by atoms with Gasteiger partial charge in [-0.2, -0.15) is 0 Å². The van der Waals surface area contributed by atoms with Crippen molar-refractivity contribution in [1.29, 1.82) is 0 Å². The second-order valence-corrected chi connectivity index (χ2v) is 6.69. The fourth-order valence-electron chi connectivity index (χ4n) is 3.48. The van der Waals surface area contributed by atoms with Crippen LogP contribution in [0.15, 0.2) is 54.9 Å². The zero-order valence-electron chi connectivity index (χ0n) is 14.2. The minimum Gasteiger partial charge on any atom is -0.508 e. The molecule has 0 aliphatic carbocycles. The highest BCUT2D eigenvalue weighted by atomic mass is 16.3. The van der Waals surface area contributed by atoms with Gasteiger partial charge in [0.25, 0.3) is 0 Å². The second kappa shape index (κ2) is 7.21. The first kappa shape index (κ1) is 16.1. The van der Waals surface area contributed by atoms with Crippen LogP contribution >= 0.6 is 0 Å². The van der Waals surface area contributed by atoms with Crippen LogP contribution in [-0.2, 0) is 6.54 Å². The van der Waals surface area contributed by atoms with Gasteiger partial charge < -0.3 is 15.7 Å². The maximum absolute atomic E-state index is 9.53. The Balaban J connectivity index is 1.62. The molecule has 4 nitrogen and oxygen atoms in total. The van der Waals surface area contributed by atoms with Gasteiger partial charge in [0.2, 0.25) is 0 Å². The maximum Gasteiger partial charge on any atom is 0.115 e. The zero-order valence-corrected chi connectivity index (χ0v) is 14.2. The Hall–Kier alpha value is -2.43. The topological polar surface area (TPSA) is 57.2 Å². The van der Waals surface area contributed by atoms with Crippen molar-refractivity contribution >= 4 is 10.8 Å². The molecule has 2 heterocycles. The predicted octanol–water partition coefficient (Wildman–Crippen LogP) is 3.45. The number of phenols is 1. The first-order valence-corrected chi connectivity index (χ1v) is 8.90.